The summed E-state index contributed by atoms with van der Waals surface area (Å²) >= 11 is 1.80. The Morgan fingerprint density at radius 1 is 0.971 bits per heavy atom. The summed E-state index contributed by atoms with van der Waals surface area (Å²) < 4.78 is 6.03. The van der Waals surface area contributed by atoms with Crippen molar-refractivity contribution in [2.24, 2.45) is 0 Å². The van der Waals surface area contributed by atoms with E-state index in [0.717, 1.165) is 25.4 Å². The van der Waals surface area contributed by atoms with Crippen LogP contribution >= 0.6 is 11.8 Å². The van der Waals surface area contributed by atoms with Crippen LogP contribution in [-0.4, -0.2) is 36.8 Å². The lowest BCUT2D eigenvalue weighted by Gasteiger charge is -2.40. The number of thioether (sulfide) groups is 1. The van der Waals surface area contributed by atoms with Crippen molar-refractivity contribution < 1.29 is 4.74 Å². The Balaban J connectivity index is 1.43. The van der Waals surface area contributed by atoms with Crippen molar-refractivity contribution in [3.8, 4) is 5.75 Å². The summed E-state index contributed by atoms with van der Waals surface area (Å²) in [5.74, 6) is 0.915. The van der Waals surface area contributed by atoms with Crippen molar-refractivity contribution in [1.82, 2.24) is 4.90 Å². The molecule has 1 aliphatic rings. The number of benzene rings is 3. The molecule has 3 aromatic carbocycles. The van der Waals surface area contributed by atoms with Gasteiger partial charge in [-0.3, -0.25) is 4.90 Å². The molecular formula is C31H38N2OS. The second kappa shape index (κ2) is 12.9. The lowest BCUT2D eigenvalue weighted by atomic mass is 10.0. The van der Waals surface area contributed by atoms with Crippen molar-refractivity contribution in [2.45, 2.75) is 50.8 Å². The van der Waals surface area contributed by atoms with E-state index in [-0.39, 0.29) is 0 Å². The summed E-state index contributed by atoms with van der Waals surface area (Å²) in [6.07, 6.45) is 6.94. The Kier molecular flexibility index (Phi) is 9.33. The third-order valence-corrected chi connectivity index (χ3v) is 7.34. The molecule has 0 saturated carbocycles. The van der Waals surface area contributed by atoms with Crippen LogP contribution in [0.25, 0.3) is 0 Å². The van der Waals surface area contributed by atoms with Crippen molar-refractivity contribution in [1.29, 1.82) is 0 Å². The van der Waals surface area contributed by atoms with Gasteiger partial charge in [-0.25, -0.2) is 0 Å². The number of likely N-dealkylation sites (tertiary alicyclic amines) is 1. The summed E-state index contributed by atoms with van der Waals surface area (Å²) in [6, 6.07) is 28.5. The summed E-state index contributed by atoms with van der Waals surface area (Å²) in [5, 5.41) is 0. The van der Waals surface area contributed by atoms with Gasteiger partial charge in [0.05, 0.1) is 0 Å². The van der Waals surface area contributed by atoms with Gasteiger partial charge >= 0.3 is 0 Å². The molecule has 0 spiro atoms. The number of hydrogen-bond donors (Lipinski definition) is 0. The second-order valence-electron chi connectivity index (χ2n) is 9.58. The van der Waals surface area contributed by atoms with E-state index in [1.807, 2.05) is 6.07 Å². The Hall–Kier alpha value is -2.69. The molecule has 0 N–H and O–H groups in total. The molecule has 0 aromatic heterocycles. The number of piperidine rings is 1. The van der Waals surface area contributed by atoms with Crippen LogP contribution in [0.4, 0.5) is 5.69 Å². The highest BCUT2D eigenvalue weighted by molar-refractivity contribution is 7.98. The number of nitrogens with zero attached hydrogens (tertiary/aromatic N) is 2. The van der Waals surface area contributed by atoms with Crippen LogP contribution in [0.5, 0.6) is 5.75 Å². The standard InChI is InChI=1S/C31H38N2OS/c1-25(2)19-21-33(28-13-15-30(16-14-28)34-24-27-8-5-4-6-9-27)29-10-7-20-32(23-29)22-26-11-17-31(35-3)18-12-26/h4-6,8-9,11-19,29H,7,10,20-24H2,1-3H3. The highest BCUT2D eigenvalue weighted by Crippen LogP contribution is 2.27. The van der Waals surface area contributed by atoms with E-state index in [4.69, 9.17) is 4.74 Å². The quantitative estimate of drug-likeness (QED) is 0.219. The minimum atomic E-state index is 0.501. The van der Waals surface area contributed by atoms with Crippen LogP contribution < -0.4 is 9.64 Å². The molecular weight excluding hydrogens is 448 g/mol. The van der Waals surface area contributed by atoms with Crippen molar-refractivity contribution >= 4 is 17.4 Å². The maximum absolute atomic E-state index is 6.03. The van der Waals surface area contributed by atoms with Gasteiger partial charge in [0.25, 0.3) is 0 Å². The SMILES string of the molecule is CSc1ccc(CN2CCCC(N(CC=C(C)C)c3ccc(OCc4ccccc4)cc3)C2)cc1. The molecule has 1 fully saturated rings. The maximum Gasteiger partial charge on any atom is 0.119 e. The lowest BCUT2D eigenvalue weighted by molar-refractivity contribution is 0.197. The zero-order valence-corrected chi connectivity index (χ0v) is 22.1. The molecule has 4 rings (SSSR count). The monoisotopic (exact) mass is 486 g/mol. The van der Waals surface area contributed by atoms with Crippen LogP contribution in [0.1, 0.15) is 37.8 Å². The van der Waals surface area contributed by atoms with Gasteiger partial charge in [0.1, 0.15) is 12.4 Å². The molecule has 0 bridgehead atoms. The Bertz CT molecular complexity index is 1060. The molecule has 3 nitrogen and oxygen atoms in total. The fourth-order valence-corrected chi connectivity index (χ4v) is 5.05. The largest absolute Gasteiger partial charge is 0.489 e. The zero-order valence-electron chi connectivity index (χ0n) is 21.3. The van der Waals surface area contributed by atoms with E-state index < -0.39 is 0 Å². The van der Waals surface area contributed by atoms with Gasteiger partial charge < -0.3 is 9.64 Å². The summed E-state index contributed by atoms with van der Waals surface area (Å²) in [4.78, 5) is 6.53. The summed E-state index contributed by atoms with van der Waals surface area (Å²) in [5.41, 5.74) is 5.22. The van der Waals surface area contributed by atoms with E-state index in [1.165, 1.54) is 46.7 Å². The van der Waals surface area contributed by atoms with Gasteiger partial charge in [0.15, 0.2) is 0 Å². The number of anilines is 1. The molecule has 1 atom stereocenters. The molecule has 35 heavy (non-hydrogen) atoms. The molecule has 3 aromatic rings. The number of ether oxygens (including phenoxy) is 1. The fourth-order valence-electron chi connectivity index (χ4n) is 4.64. The van der Waals surface area contributed by atoms with E-state index in [9.17, 15) is 0 Å². The van der Waals surface area contributed by atoms with Gasteiger partial charge in [0, 0.05) is 36.3 Å². The minimum Gasteiger partial charge on any atom is -0.489 e. The highest BCUT2D eigenvalue weighted by atomic mass is 32.2. The summed E-state index contributed by atoms with van der Waals surface area (Å²) in [7, 11) is 0. The van der Waals surface area contributed by atoms with Crippen LogP contribution in [0.2, 0.25) is 0 Å². The zero-order chi connectivity index (χ0) is 24.5. The Morgan fingerprint density at radius 3 is 2.40 bits per heavy atom. The fraction of sp³-hybridized carbons (Fsp3) is 0.355. The summed E-state index contributed by atoms with van der Waals surface area (Å²) in [6.45, 7) is 9.18. The molecule has 4 heteroatoms. The van der Waals surface area contributed by atoms with Gasteiger partial charge in [0.2, 0.25) is 0 Å². The predicted octanol–water partition coefficient (Wildman–Crippen LogP) is 7.42. The molecule has 184 valence electrons. The first-order valence-corrected chi connectivity index (χ1v) is 13.9. The third-order valence-electron chi connectivity index (χ3n) is 6.60. The number of allylic oxidation sites excluding steroid dienone is 1. The molecule has 0 amide bonds. The number of rotatable bonds is 10. The Labute approximate surface area is 215 Å². The van der Waals surface area contributed by atoms with Crippen LogP contribution in [0.15, 0.2) is 95.4 Å². The average molecular weight is 487 g/mol. The topological polar surface area (TPSA) is 15.7 Å². The van der Waals surface area contributed by atoms with Crippen molar-refractivity contribution in [3.63, 3.8) is 0 Å². The van der Waals surface area contributed by atoms with Crippen LogP contribution in [-0.2, 0) is 13.2 Å². The van der Waals surface area contributed by atoms with E-state index in [2.05, 4.69) is 109 Å². The van der Waals surface area contributed by atoms with Crippen molar-refractivity contribution in [2.75, 3.05) is 30.8 Å². The Morgan fingerprint density at radius 2 is 1.71 bits per heavy atom. The van der Waals surface area contributed by atoms with E-state index in [1.54, 1.807) is 11.8 Å². The van der Waals surface area contributed by atoms with Crippen LogP contribution in [0.3, 0.4) is 0 Å². The van der Waals surface area contributed by atoms with Gasteiger partial charge in [-0.15, -0.1) is 11.8 Å². The molecule has 0 aliphatic carbocycles. The average Bonchev–Trinajstić information content (AvgIpc) is 2.89. The van der Waals surface area contributed by atoms with Crippen LogP contribution in [0, 0.1) is 0 Å². The molecule has 0 radical (unpaired) electrons. The third kappa shape index (κ3) is 7.65. The maximum atomic E-state index is 6.03. The van der Waals surface area contributed by atoms with Gasteiger partial charge in [-0.1, -0.05) is 54.1 Å². The molecule has 1 aliphatic heterocycles. The highest BCUT2D eigenvalue weighted by Gasteiger charge is 2.25. The van der Waals surface area contributed by atoms with Gasteiger partial charge in [-0.05, 0) is 87.0 Å². The lowest BCUT2D eigenvalue weighted by Crippen LogP contribution is -2.48. The molecule has 1 heterocycles. The molecule has 1 unspecified atom stereocenters. The van der Waals surface area contributed by atoms with Gasteiger partial charge in [-0.2, -0.15) is 0 Å². The molecule has 1 saturated heterocycles. The van der Waals surface area contributed by atoms with Crippen molar-refractivity contribution in [3.05, 3.63) is 102 Å². The first kappa shape index (κ1) is 25.4. The van der Waals surface area contributed by atoms with E-state index in [0.29, 0.717) is 12.6 Å². The smallest absolute Gasteiger partial charge is 0.119 e. The predicted molar refractivity (Wildman–Crippen MR) is 151 cm³/mol. The number of hydrogen-bond acceptors (Lipinski definition) is 4. The van der Waals surface area contributed by atoms with E-state index >= 15 is 0 Å². The second-order valence-corrected chi connectivity index (χ2v) is 10.5. The first-order valence-electron chi connectivity index (χ1n) is 12.6. The first-order chi connectivity index (χ1) is 17.1. The minimum absolute atomic E-state index is 0.501. The normalized spacial score (nSPS) is 16.0.